The molecule has 0 aromatic rings. The van der Waals surface area contributed by atoms with Crippen LogP contribution in [0.1, 0.15) is 20.3 Å². The second-order valence-electron chi connectivity index (χ2n) is 3.24. The molecule has 1 atom stereocenters. The van der Waals surface area contributed by atoms with E-state index in [1.54, 1.807) is 6.08 Å². The second-order valence-corrected chi connectivity index (χ2v) is 3.24. The molecule has 1 unspecified atom stereocenters. The zero-order chi connectivity index (χ0) is 9.61. The molecule has 1 N–H and O–H groups in total. The summed E-state index contributed by atoms with van der Waals surface area (Å²) in [6.07, 6.45) is 2.34. The van der Waals surface area contributed by atoms with Gasteiger partial charge in [0.1, 0.15) is 0 Å². The lowest BCUT2D eigenvalue weighted by Crippen LogP contribution is -2.28. The van der Waals surface area contributed by atoms with Gasteiger partial charge in [0.15, 0.2) is 0 Å². The minimum Gasteiger partial charge on any atom is -0.465 e. The quantitative estimate of drug-likeness (QED) is 0.499. The van der Waals surface area contributed by atoms with Crippen molar-refractivity contribution < 1.29 is 14.6 Å². The number of ether oxygens (including phenoxy) is 1. The lowest BCUT2D eigenvalue weighted by molar-refractivity contribution is -0.145. The molecular weight excluding hydrogens is 156 g/mol. The fourth-order valence-corrected chi connectivity index (χ4v) is 0.793. The van der Waals surface area contributed by atoms with Gasteiger partial charge in [-0.25, -0.2) is 0 Å². The largest absolute Gasteiger partial charge is 0.465 e. The van der Waals surface area contributed by atoms with Gasteiger partial charge in [0.05, 0.1) is 13.2 Å². The monoisotopic (exact) mass is 172 g/mol. The molecule has 0 aliphatic rings. The van der Waals surface area contributed by atoms with Gasteiger partial charge in [0, 0.05) is 12.3 Å². The molecule has 0 saturated carbocycles. The molecule has 0 aliphatic carbocycles. The molecular formula is C9H16O3. The maximum Gasteiger partial charge on any atom is 0.302 e. The third-order valence-electron chi connectivity index (χ3n) is 1.64. The van der Waals surface area contributed by atoms with E-state index in [9.17, 15) is 4.79 Å². The van der Waals surface area contributed by atoms with Gasteiger partial charge in [-0.05, 0) is 6.42 Å². The fraction of sp³-hybridized carbons (Fsp3) is 0.667. The normalized spacial score (nSPS) is 14.9. The van der Waals surface area contributed by atoms with Gasteiger partial charge in [-0.15, -0.1) is 6.58 Å². The van der Waals surface area contributed by atoms with Crippen molar-refractivity contribution in [1.29, 1.82) is 0 Å². The molecule has 0 radical (unpaired) electrons. The Morgan fingerprint density at radius 3 is 2.67 bits per heavy atom. The van der Waals surface area contributed by atoms with Crippen molar-refractivity contribution in [3.8, 4) is 0 Å². The Bertz CT molecular complexity index is 165. The second kappa shape index (κ2) is 4.93. The van der Waals surface area contributed by atoms with Crippen LogP contribution in [0.25, 0.3) is 0 Å². The van der Waals surface area contributed by atoms with E-state index in [1.807, 2.05) is 6.92 Å². The summed E-state index contributed by atoms with van der Waals surface area (Å²) in [5, 5.41) is 8.99. The van der Waals surface area contributed by atoms with Crippen LogP contribution in [0.5, 0.6) is 0 Å². The van der Waals surface area contributed by atoms with E-state index in [4.69, 9.17) is 9.84 Å². The molecule has 0 amide bonds. The number of allylic oxidation sites excluding steroid dienone is 1. The molecule has 0 spiro atoms. The highest BCUT2D eigenvalue weighted by Gasteiger charge is 2.23. The third kappa shape index (κ3) is 4.13. The predicted octanol–water partition coefficient (Wildman–Crippen LogP) is 1.12. The Balaban J connectivity index is 3.94. The minimum atomic E-state index is -0.382. The maximum atomic E-state index is 10.5. The van der Waals surface area contributed by atoms with Crippen LogP contribution in [0, 0.1) is 5.41 Å². The van der Waals surface area contributed by atoms with Crippen LogP contribution in [0.4, 0.5) is 0 Å². The highest BCUT2D eigenvalue weighted by molar-refractivity contribution is 5.65. The average molecular weight is 172 g/mol. The van der Waals surface area contributed by atoms with E-state index in [0.29, 0.717) is 6.42 Å². The number of carbonyl (C=O) groups is 1. The molecule has 0 aliphatic heterocycles. The maximum absolute atomic E-state index is 10.5. The van der Waals surface area contributed by atoms with Crippen LogP contribution >= 0.6 is 0 Å². The first-order valence-corrected chi connectivity index (χ1v) is 3.89. The summed E-state index contributed by atoms with van der Waals surface area (Å²) in [5.41, 5.74) is -0.382. The molecule has 0 rings (SSSR count). The lowest BCUT2D eigenvalue weighted by Gasteiger charge is -2.24. The number of aliphatic hydroxyl groups is 1. The zero-order valence-electron chi connectivity index (χ0n) is 7.67. The number of esters is 1. The summed E-state index contributed by atoms with van der Waals surface area (Å²) in [6, 6.07) is 0. The summed E-state index contributed by atoms with van der Waals surface area (Å²) in [5.74, 6) is -0.321. The van der Waals surface area contributed by atoms with E-state index >= 15 is 0 Å². The first kappa shape index (κ1) is 11.2. The van der Waals surface area contributed by atoms with Gasteiger partial charge in [-0.1, -0.05) is 13.0 Å². The van der Waals surface area contributed by atoms with E-state index in [2.05, 4.69) is 6.58 Å². The number of hydrogen-bond acceptors (Lipinski definition) is 3. The standard InChI is InChI=1S/C9H16O3/c1-4-5-9(3,6-10)7-12-8(2)11/h4,10H,1,5-7H2,2-3H3. The van der Waals surface area contributed by atoms with Crippen LogP contribution in [0.15, 0.2) is 12.7 Å². The topological polar surface area (TPSA) is 46.5 Å². The van der Waals surface area contributed by atoms with Gasteiger partial charge in [0.2, 0.25) is 0 Å². The molecule has 0 bridgehead atoms. The van der Waals surface area contributed by atoms with Crippen molar-refractivity contribution in [2.45, 2.75) is 20.3 Å². The third-order valence-corrected chi connectivity index (χ3v) is 1.64. The minimum absolute atomic E-state index is 0.00764. The summed E-state index contributed by atoms with van der Waals surface area (Å²) >= 11 is 0. The van der Waals surface area contributed by atoms with E-state index < -0.39 is 0 Å². The number of carbonyl (C=O) groups excluding carboxylic acids is 1. The Morgan fingerprint density at radius 1 is 1.75 bits per heavy atom. The van der Waals surface area contributed by atoms with Crippen molar-refractivity contribution in [1.82, 2.24) is 0 Å². The predicted molar refractivity (Wildman–Crippen MR) is 46.6 cm³/mol. The molecule has 0 aromatic heterocycles. The van der Waals surface area contributed by atoms with Gasteiger partial charge >= 0.3 is 5.97 Å². The van der Waals surface area contributed by atoms with Crippen LogP contribution in [0.3, 0.4) is 0 Å². The Hall–Kier alpha value is -0.830. The molecule has 0 saturated heterocycles. The summed E-state index contributed by atoms with van der Waals surface area (Å²) < 4.78 is 4.80. The van der Waals surface area contributed by atoms with Crippen molar-refractivity contribution in [3.63, 3.8) is 0 Å². The van der Waals surface area contributed by atoms with Crippen LogP contribution < -0.4 is 0 Å². The first-order chi connectivity index (χ1) is 5.54. The summed E-state index contributed by atoms with van der Waals surface area (Å²) in [4.78, 5) is 10.5. The Morgan fingerprint density at radius 2 is 2.33 bits per heavy atom. The van der Waals surface area contributed by atoms with Gasteiger partial charge < -0.3 is 9.84 Å². The highest BCUT2D eigenvalue weighted by Crippen LogP contribution is 2.21. The van der Waals surface area contributed by atoms with Crippen molar-refractivity contribution in [3.05, 3.63) is 12.7 Å². The fourth-order valence-electron chi connectivity index (χ4n) is 0.793. The van der Waals surface area contributed by atoms with E-state index in [-0.39, 0.29) is 24.6 Å². The zero-order valence-corrected chi connectivity index (χ0v) is 7.67. The smallest absolute Gasteiger partial charge is 0.302 e. The van der Waals surface area contributed by atoms with Crippen LogP contribution in [-0.2, 0) is 9.53 Å². The van der Waals surface area contributed by atoms with Gasteiger partial charge in [-0.3, -0.25) is 4.79 Å². The van der Waals surface area contributed by atoms with Crippen LogP contribution in [-0.4, -0.2) is 24.3 Å². The average Bonchev–Trinajstić information content (AvgIpc) is 2.02. The molecule has 3 nitrogen and oxygen atoms in total. The highest BCUT2D eigenvalue weighted by atomic mass is 16.5. The lowest BCUT2D eigenvalue weighted by atomic mass is 9.89. The molecule has 0 heterocycles. The number of rotatable bonds is 5. The number of hydrogen-bond donors (Lipinski definition) is 1. The molecule has 12 heavy (non-hydrogen) atoms. The first-order valence-electron chi connectivity index (χ1n) is 3.89. The Kier molecular flexibility index (Phi) is 4.59. The Labute approximate surface area is 73.0 Å². The van der Waals surface area contributed by atoms with Crippen LogP contribution in [0.2, 0.25) is 0 Å². The van der Waals surface area contributed by atoms with Crippen molar-refractivity contribution >= 4 is 5.97 Å². The van der Waals surface area contributed by atoms with E-state index in [1.165, 1.54) is 6.92 Å². The summed E-state index contributed by atoms with van der Waals surface area (Å²) in [7, 11) is 0. The molecule has 0 fully saturated rings. The SMILES string of the molecule is C=CCC(C)(CO)COC(C)=O. The van der Waals surface area contributed by atoms with Gasteiger partial charge in [-0.2, -0.15) is 0 Å². The van der Waals surface area contributed by atoms with Crippen molar-refractivity contribution in [2.75, 3.05) is 13.2 Å². The van der Waals surface area contributed by atoms with Crippen molar-refractivity contribution in [2.24, 2.45) is 5.41 Å². The molecule has 3 heteroatoms. The van der Waals surface area contributed by atoms with E-state index in [0.717, 1.165) is 0 Å². The van der Waals surface area contributed by atoms with Gasteiger partial charge in [0.25, 0.3) is 0 Å². The molecule has 0 aromatic carbocycles. The number of aliphatic hydroxyl groups excluding tert-OH is 1. The molecule has 70 valence electrons. The summed E-state index contributed by atoms with van der Waals surface area (Å²) in [6.45, 7) is 7.00.